The molecule has 1 amide bonds. The molecule has 31 heavy (non-hydrogen) atoms. The van der Waals surface area contributed by atoms with Crippen molar-refractivity contribution in [3.05, 3.63) is 29.8 Å². The van der Waals surface area contributed by atoms with Crippen molar-refractivity contribution in [2.24, 2.45) is 10.9 Å². The van der Waals surface area contributed by atoms with Gasteiger partial charge in [-0.25, -0.2) is 0 Å². The first-order valence-electron chi connectivity index (χ1n) is 11.7. The van der Waals surface area contributed by atoms with Crippen molar-refractivity contribution in [2.45, 2.75) is 51.1 Å². The Bertz CT molecular complexity index is 728. The highest BCUT2D eigenvalue weighted by Crippen LogP contribution is 2.28. The summed E-state index contributed by atoms with van der Waals surface area (Å²) in [6, 6.07) is 8.61. The summed E-state index contributed by atoms with van der Waals surface area (Å²) in [5, 5.41) is 6.93. The van der Waals surface area contributed by atoms with Gasteiger partial charge in [0.05, 0.1) is 19.7 Å². The molecule has 0 spiro atoms. The predicted molar refractivity (Wildman–Crippen MR) is 125 cm³/mol. The Morgan fingerprint density at radius 1 is 1.23 bits per heavy atom. The molecule has 0 bridgehead atoms. The van der Waals surface area contributed by atoms with Gasteiger partial charge in [-0.3, -0.25) is 9.79 Å². The van der Waals surface area contributed by atoms with E-state index in [9.17, 15) is 4.79 Å². The maximum absolute atomic E-state index is 12.7. The second kappa shape index (κ2) is 11.4. The molecule has 1 aliphatic heterocycles. The third-order valence-corrected chi connectivity index (χ3v) is 6.44. The van der Waals surface area contributed by atoms with Crippen LogP contribution in [0.1, 0.15) is 50.6 Å². The summed E-state index contributed by atoms with van der Waals surface area (Å²) in [6.07, 6.45) is 5.50. The number of likely N-dealkylation sites (N-methyl/N-ethyl adjacent to an activating group) is 1. The Labute approximate surface area is 187 Å². The van der Waals surface area contributed by atoms with Crippen LogP contribution in [0.3, 0.4) is 0 Å². The molecule has 0 aromatic heterocycles. The van der Waals surface area contributed by atoms with E-state index in [2.05, 4.69) is 53.6 Å². The van der Waals surface area contributed by atoms with Crippen LogP contribution >= 0.6 is 0 Å². The van der Waals surface area contributed by atoms with Crippen molar-refractivity contribution < 1.29 is 9.53 Å². The number of methoxy groups -OCH3 is 1. The van der Waals surface area contributed by atoms with E-state index >= 15 is 0 Å². The minimum atomic E-state index is 0.172. The van der Waals surface area contributed by atoms with Crippen LogP contribution in [0.25, 0.3) is 0 Å². The molecule has 2 aliphatic rings. The van der Waals surface area contributed by atoms with E-state index in [4.69, 9.17) is 9.73 Å². The molecule has 1 heterocycles. The number of likely N-dealkylation sites (tertiary alicyclic amines) is 1. The highest BCUT2D eigenvalue weighted by Gasteiger charge is 2.32. The zero-order valence-corrected chi connectivity index (χ0v) is 19.6. The average Bonchev–Trinajstić information content (AvgIpc) is 3.46. The molecule has 1 saturated heterocycles. The van der Waals surface area contributed by atoms with Crippen LogP contribution in [-0.4, -0.2) is 75.1 Å². The lowest BCUT2D eigenvalue weighted by molar-refractivity contribution is -0.134. The van der Waals surface area contributed by atoms with Crippen LogP contribution in [0, 0.1) is 5.92 Å². The number of rotatable bonds is 8. The van der Waals surface area contributed by atoms with Crippen molar-refractivity contribution in [1.29, 1.82) is 0 Å². The van der Waals surface area contributed by atoms with Crippen molar-refractivity contribution in [3.8, 4) is 5.75 Å². The first kappa shape index (κ1) is 23.4. The van der Waals surface area contributed by atoms with Crippen molar-refractivity contribution in [2.75, 3.05) is 47.4 Å². The minimum Gasteiger partial charge on any atom is -0.497 e. The Kier molecular flexibility index (Phi) is 8.58. The summed E-state index contributed by atoms with van der Waals surface area (Å²) in [5.74, 6) is 2.29. The normalized spacial score (nSPS) is 20.9. The van der Waals surface area contributed by atoms with E-state index in [1.54, 1.807) is 7.11 Å². The summed E-state index contributed by atoms with van der Waals surface area (Å²) in [6.45, 7) is 5.15. The molecule has 1 aromatic rings. The third kappa shape index (κ3) is 6.35. The molecule has 1 aromatic carbocycles. The molecule has 3 rings (SSSR count). The monoisotopic (exact) mass is 429 g/mol. The van der Waals surface area contributed by atoms with E-state index in [0.717, 1.165) is 50.6 Å². The zero-order chi connectivity index (χ0) is 22.2. The quantitative estimate of drug-likeness (QED) is 0.491. The van der Waals surface area contributed by atoms with Gasteiger partial charge in [0.1, 0.15) is 5.75 Å². The fraction of sp³-hybridized carbons (Fsp3) is 0.667. The lowest BCUT2D eigenvalue weighted by Gasteiger charge is -2.25. The number of hydrogen-bond acceptors (Lipinski definition) is 4. The first-order valence-corrected chi connectivity index (χ1v) is 11.7. The second-order valence-corrected chi connectivity index (χ2v) is 8.87. The summed E-state index contributed by atoms with van der Waals surface area (Å²) >= 11 is 0. The van der Waals surface area contributed by atoms with Crippen LogP contribution < -0.4 is 15.4 Å². The summed E-state index contributed by atoms with van der Waals surface area (Å²) in [7, 11) is 5.84. The summed E-state index contributed by atoms with van der Waals surface area (Å²) in [5.41, 5.74) is 1.21. The Morgan fingerprint density at radius 2 is 1.94 bits per heavy atom. The molecular formula is C24H39N5O2. The SMILES string of the molecule is CCNC(=NCC(c1ccc(OC)cc1)N(C)C)NC1CCN(C(=O)C2CCCC2)C1. The molecule has 1 saturated carbocycles. The molecule has 2 N–H and O–H groups in total. The van der Waals surface area contributed by atoms with E-state index in [0.29, 0.717) is 12.5 Å². The minimum absolute atomic E-state index is 0.172. The van der Waals surface area contributed by atoms with Crippen LogP contribution in [0.2, 0.25) is 0 Å². The van der Waals surface area contributed by atoms with Gasteiger partial charge in [-0.05, 0) is 58.0 Å². The van der Waals surface area contributed by atoms with Gasteiger partial charge in [0, 0.05) is 31.6 Å². The number of carbonyl (C=O) groups excluding carboxylic acids is 1. The number of aliphatic imine (C=N–C) groups is 1. The van der Waals surface area contributed by atoms with Gasteiger partial charge in [-0.2, -0.15) is 0 Å². The van der Waals surface area contributed by atoms with Gasteiger partial charge in [-0.15, -0.1) is 0 Å². The van der Waals surface area contributed by atoms with Gasteiger partial charge in [0.25, 0.3) is 0 Å². The van der Waals surface area contributed by atoms with Crippen molar-refractivity contribution in [3.63, 3.8) is 0 Å². The fourth-order valence-corrected chi connectivity index (χ4v) is 4.59. The van der Waals surface area contributed by atoms with E-state index in [1.165, 1.54) is 18.4 Å². The standard InChI is InChI=1S/C24H39N5O2/c1-5-25-24(26-16-22(28(2)3)18-10-12-21(31-4)13-11-18)27-20-14-15-29(17-20)23(30)19-8-6-7-9-19/h10-13,19-20,22H,5-9,14-17H2,1-4H3,(H2,25,26,27). The maximum Gasteiger partial charge on any atom is 0.225 e. The zero-order valence-electron chi connectivity index (χ0n) is 19.6. The summed E-state index contributed by atoms with van der Waals surface area (Å²) < 4.78 is 5.28. The van der Waals surface area contributed by atoms with E-state index in [-0.39, 0.29) is 18.0 Å². The highest BCUT2D eigenvalue weighted by molar-refractivity contribution is 5.81. The molecule has 7 heteroatoms. The van der Waals surface area contributed by atoms with Crippen LogP contribution in [0.4, 0.5) is 0 Å². The Balaban J connectivity index is 1.60. The number of amides is 1. The lowest BCUT2D eigenvalue weighted by Crippen LogP contribution is -2.45. The van der Waals surface area contributed by atoms with Gasteiger partial charge in [0.15, 0.2) is 5.96 Å². The number of nitrogens with one attached hydrogen (secondary N) is 2. The van der Waals surface area contributed by atoms with Crippen LogP contribution in [0.5, 0.6) is 5.75 Å². The molecule has 0 radical (unpaired) electrons. The number of benzene rings is 1. The first-order chi connectivity index (χ1) is 15.0. The predicted octanol–water partition coefficient (Wildman–Crippen LogP) is 2.64. The Hall–Kier alpha value is -2.28. The van der Waals surface area contributed by atoms with Gasteiger partial charge in [-0.1, -0.05) is 25.0 Å². The maximum atomic E-state index is 12.7. The average molecular weight is 430 g/mol. The smallest absolute Gasteiger partial charge is 0.225 e. The lowest BCUT2D eigenvalue weighted by atomic mass is 10.1. The second-order valence-electron chi connectivity index (χ2n) is 8.87. The molecule has 2 atom stereocenters. The number of carbonyl (C=O) groups is 1. The van der Waals surface area contributed by atoms with E-state index in [1.807, 2.05) is 12.1 Å². The molecule has 1 aliphatic carbocycles. The fourth-order valence-electron chi connectivity index (χ4n) is 4.59. The number of guanidine groups is 1. The third-order valence-electron chi connectivity index (χ3n) is 6.44. The van der Waals surface area contributed by atoms with Gasteiger partial charge < -0.3 is 25.2 Å². The Morgan fingerprint density at radius 3 is 2.55 bits per heavy atom. The molecule has 2 fully saturated rings. The molecule has 7 nitrogen and oxygen atoms in total. The molecule has 172 valence electrons. The van der Waals surface area contributed by atoms with Crippen molar-refractivity contribution in [1.82, 2.24) is 20.4 Å². The largest absolute Gasteiger partial charge is 0.497 e. The van der Waals surface area contributed by atoms with Gasteiger partial charge >= 0.3 is 0 Å². The number of ether oxygens (including phenoxy) is 1. The topological polar surface area (TPSA) is 69.2 Å². The highest BCUT2D eigenvalue weighted by atomic mass is 16.5. The molecular weight excluding hydrogens is 390 g/mol. The summed E-state index contributed by atoms with van der Waals surface area (Å²) in [4.78, 5) is 21.9. The number of hydrogen-bond donors (Lipinski definition) is 2. The van der Waals surface area contributed by atoms with Gasteiger partial charge in [0.2, 0.25) is 5.91 Å². The molecule has 2 unspecified atom stereocenters. The number of nitrogens with zero attached hydrogens (tertiary/aromatic N) is 3. The van der Waals surface area contributed by atoms with Crippen molar-refractivity contribution >= 4 is 11.9 Å². The van der Waals surface area contributed by atoms with Crippen LogP contribution in [0.15, 0.2) is 29.3 Å². The van der Waals surface area contributed by atoms with Crippen LogP contribution in [-0.2, 0) is 4.79 Å². The van der Waals surface area contributed by atoms with E-state index < -0.39 is 0 Å².